The summed E-state index contributed by atoms with van der Waals surface area (Å²) < 4.78 is 22.0. The van der Waals surface area contributed by atoms with E-state index in [1.807, 2.05) is 0 Å². The Labute approximate surface area is 105 Å². The number of sulfonamides is 1. The number of nitrogens with two attached hydrogens (primary N) is 1. The van der Waals surface area contributed by atoms with Gasteiger partial charge in [-0.1, -0.05) is 6.07 Å². The Hall–Kier alpha value is -1.60. The highest BCUT2D eigenvalue weighted by molar-refractivity contribution is 7.89. The lowest BCUT2D eigenvalue weighted by molar-refractivity contribution is -0.117. The SMILES string of the molecule is NS(=O)(=O)CC1CC(=O)N(c2cccc(O)c2)C1. The zero-order chi connectivity index (χ0) is 13.3. The van der Waals surface area contributed by atoms with Crippen LogP contribution in [-0.2, 0) is 14.8 Å². The van der Waals surface area contributed by atoms with Crippen molar-refractivity contribution in [1.29, 1.82) is 0 Å². The van der Waals surface area contributed by atoms with Crippen molar-refractivity contribution in [3.8, 4) is 5.75 Å². The number of amides is 1. The number of aromatic hydroxyl groups is 1. The lowest BCUT2D eigenvalue weighted by Gasteiger charge is -2.16. The van der Waals surface area contributed by atoms with Crippen molar-refractivity contribution in [3.63, 3.8) is 0 Å². The summed E-state index contributed by atoms with van der Waals surface area (Å²) in [5.74, 6) is -0.590. The van der Waals surface area contributed by atoms with Gasteiger partial charge in [0, 0.05) is 30.6 Å². The molecule has 1 aromatic rings. The maximum absolute atomic E-state index is 11.8. The van der Waals surface area contributed by atoms with Crippen molar-refractivity contribution >= 4 is 21.6 Å². The van der Waals surface area contributed by atoms with Gasteiger partial charge in [0.05, 0.1) is 5.75 Å². The molecule has 1 atom stereocenters. The summed E-state index contributed by atoms with van der Waals surface area (Å²) in [6.07, 6.45) is 0.159. The number of primary sulfonamides is 1. The van der Waals surface area contributed by atoms with E-state index in [9.17, 15) is 18.3 Å². The second kappa shape index (κ2) is 4.58. The molecule has 7 heteroatoms. The van der Waals surface area contributed by atoms with Gasteiger partial charge in [-0.15, -0.1) is 0 Å². The Morgan fingerprint density at radius 1 is 1.44 bits per heavy atom. The second-order valence-electron chi connectivity index (χ2n) is 4.42. The number of hydrogen-bond acceptors (Lipinski definition) is 4. The molecule has 0 spiro atoms. The maximum atomic E-state index is 11.8. The molecule has 1 aromatic carbocycles. The van der Waals surface area contributed by atoms with Crippen molar-refractivity contribution < 1.29 is 18.3 Å². The molecule has 1 unspecified atom stereocenters. The summed E-state index contributed by atoms with van der Waals surface area (Å²) in [4.78, 5) is 13.3. The van der Waals surface area contributed by atoms with Crippen LogP contribution >= 0.6 is 0 Å². The van der Waals surface area contributed by atoms with Gasteiger partial charge in [0.2, 0.25) is 15.9 Å². The lowest BCUT2D eigenvalue weighted by Crippen LogP contribution is -2.27. The Kier molecular flexibility index (Phi) is 3.27. The number of phenols is 1. The quantitative estimate of drug-likeness (QED) is 0.809. The van der Waals surface area contributed by atoms with E-state index in [1.54, 1.807) is 12.1 Å². The maximum Gasteiger partial charge on any atom is 0.227 e. The molecule has 1 amide bonds. The highest BCUT2D eigenvalue weighted by atomic mass is 32.2. The molecule has 3 N–H and O–H groups in total. The average molecular weight is 270 g/mol. The van der Waals surface area contributed by atoms with Gasteiger partial charge < -0.3 is 10.0 Å². The van der Waals surface area contributed by atoms with E-state index in [1.165, 1.54) is 17.0 Å². The van der Waals surface area contributed by atoms with Crippen LogP contribution in [-0.4, -0.2) is 31.7 Å². The van der Waals surface area contributed by atoms with Gasteiger partial charge in [-0.05, 0) is 12.1 Å². The minimum Gasteiger partial charge on any atom is -0.508 e. The van der Waals surface area contributed by atoms with E-state index in [-0.39, 0.29) is 29.7 Å². The van der Waals surface area contributed by atoms with Gasteiger partial charge in [0.15, 0.2) is 0 Å². The van der Waals surface area contributed by atoms with Crippen molar-refractivity contribution in [2.45, 2.75) is 6.42 Å². The minimum absolute atomic E-state index is 0.0650. The molecule has 1 saturated heterocycles. The number of anilines is 1. The van der Waals surface area contributed by atoms with Gasteiger partial charge in [-0.2, -0.15) is 0 Å². The molecule has 1 fully saturated rings. The number of nitrogens with zero attached hydrogens (tertiary/aromatic N) is 1. The number of hydrogen-bond donors (Lipinski definition) is 2. The first-order chi connectivity index (χ1) is 8.35. The van der Waals surface area contributed by atoms with Crippen molar-refractivity contribution in [1.82, 2.24) is 0 Å². The molecule has 98 valence electrons. The molecule has 18 heavy (non-hydrogen) atoms. The van der Waals surface area contributed by atoms with Gasteiger partial charge in [0.1, 0.15) is 5.75 Å². The van der Waals surface area contributed by atoms with Crippen LogP contribution in [0.15, 0.2) is 24.3 Å². The third-order valence-corrected chi connectivity index (χ3v) is 3.75. The molecule has 2 rings (SSSR count). The number of carbonyl (C=O) groups is 1. The number of carbonyl (C=O) groups excluding carboxylic acids is 1. The van der Waals surface area contributed by atoms with Gasteiger partial charge >= 0.3 is 0 Å². The summed E-state index contributed by atoms with van der Waals surface area (Å²) in [6, 6.07) is 6.30. The number of phenolic OH excluding ortho intramolecular Hbond substituents is 1. The summed E-state index contributed by atoms with van der Waals surface area (Å²) in [6.45, 7) is 0.304. The van der Waals surface area contributed by atoms with Crippen molar-refractivity contribution in [2.24, 2.45) is 11.1 Å². The van der Waals surface area contributed by atoms with Crippen LogP contribution in [0, 0.1) is 5.92 Å². The van der Waals surface area contributed by atoms with E-state index < -0.39 is 10.0 Å². The van der Waals surface area contributed by atoms with Crippen LogP contribution in [0.4, 0.5) is 5.69 Å². The van der Waals surface area contributed by atoms with Crippen molar-refractivity contribution in [3.05, 3.63) is 24.3 Å². The van der Waals surface area contributed by atoms with E-state index in [2.05, 4.69) is 0 Å². The summed E-state index contributed by atoms with van der Waals surface area (Å²) in [5, 5.41) is 14.3. The van der Waals surface area contributed by atoms with Crippen molar-refractivity contribution in [2.75, 3.05) is 17.2 Å². The molecule has 6 nitrogen and oxygen atoms in total. The summed E-state index contributed by atoms with van der Waals surface area (Å²) >= 11 is 0. The average Bonchev–Trinajstić information content (AvgIpc) is 2.56. The van der Waals surface area contributed by atoms with Gasteiger partial charge in [-0.25, -0.2) is 13.6 Å². The smallest absolute Gasteiger partial charge is 0.227 e. The molecular weight excluding hydrogens is 256 g/mol. The molecule has 1 heterocycles. The monoisotopic (exact) mass is 270 g/mol. The van der Waals surface area contributed by atoms with Crippen LogP contribution in [0.25, 0.3) is 0 Å². The van der Waals surface area contributed by atoms with E-state index >= 15 is 0 Å². The zero-order valence-corrected chi connectivity index (χ0v) is 10.4. The first kappa shape index (κ1) is 12.8. The normalized spacial score (nSPS) is 20.4. The highest BCUT2D eigenvalue weighted by Crippen LogP contribution is 2.27. The molecule has 1 aliphatic heterocycles. The van der Waals surface area contributed by atoms with Crippen LogP contribution in [0.1, 0.15) is 6.42 Å². The minimum atomic E-state index is -3.57. The number of benzene rings is 1. The number of rotatable bonds is 3. The summed E-state index contributed by atoms with van der Waals surface area (Å²) in [5.41, 5.74) is 0.567. The zero-order valence-electron chi connectivity index (χ0n) is 9.61. The van der Waals surface area contributed by atoms with Gasteiger partial charge in [-0.3, -0.25) is 4.79 Å². The van der Waals surface area contributed by atoms with E-state index in [0.717, 1.165) is 0 Å². The molecule has 0 saturated carbocycles. The van der Waals surface area contributed by atoms with E-state index in [4.69, 9.17) is 5.14 Å². The Bertz CT molecular complexity index is 570. The molecule has 1 aliphatic rings. The second-order valence-corrected chi connectivity index (χ2v) is 6.08. The fraction of sp³-hybridized carbons (Fsp3) is 0.364. The molecular formula is C11H14N2O4S. The highest BCUT2D eigenvalue weighted by Gasteiger charge is 2.32. The molecule has 0 bridgehead atoms. The Balaban J connectivity index is 2.15. The lowest BCUT2D eigenvalue weighted by atomic mass is 10.1. The van der Waals surface area contributed by atoms with Crippen LogP contribution in [0.2, 0.25) is 0 Å². The predicted octanol–water partition coefficient (Wildman–Crippen LogP) is 0.0336. The first-order valence-corrected chi connectivity index (χ1v) is 7.16. The van der Waals surface area contributed by atoms with E-state index in [0.29, 0.717) is 12.2 Å². The first-order valence-electron chi connectivity index (χ1n) is 5.45. The predicted molar refractivity (Wildman–Crippen MR) is 66.5 cm³/mol. The van der Waals surface area contributed by atoms with Gasteiger partial charge in [0.25, 0.3) is 0 Å². The van der Waals surface area contributed by atoms with Crippen LogP contribution < -0.4 is 10.0 Å². The standard InChI is InChI=1S/C11H14N2O4S/c12-18(16,17)7-8-4-11(15)13(6-8)9-2-1-3-10(14)5-9/h1-3,5,8,14H,4,6-7H2,(H2,12,16,17). The molecule has 0 aliphatic carbocycles. The fourth-order valence-corrected chi connectivity index (χ4v) is 3.01. The van der Waals surface area contributed by atoms with Crippen LogP contribution in [0.5, 0.6) is 5.75 Å². The van der Waals surface area contributed by atoms with Crippen LogP contribution in [0.3, 0.4) is 0 Å². The topological polar surface area (TPSA) is 101 Å². The third kappa shape index (κ3) is 2.99. The Morgan fingerprint density at radius 3 is 2.78 bits per heavy atom. The summed E-state index contributed by atoms with van der Waals surface area (Å²) in [7, 11) is -3.57. The largest absolute Gasteiger partial charge is 0.508 e. The fourth-order valence-electron chi connectivity index (χ4n) is 2.13. The Morgan fingerprint density at radius 2 is 2.17 bits per heavy atom. The molecule has 0 radical (unpaired) electrons. The molecule has 0 aromatic heterocycles. The third-order valence-electron chi connectivity index (χ3n) is 2.81.